The molecule has 0 bridgehead atoms. The summed E-state index contributed by atoms with van der Waals surface area (Å²) in [6.07, 6.45) is -0.0609. The largest absolute Gasteiger partial charge is 0.479 e. The molecule has 0 aliphatic carbocycles. The first-order valence-corrected chi connectivity index (χ1v) is 16.7. The molecule has 1 aromatic heterocycles. The Morgan fingerprint density at radius 1 is 1.16 bits per heavy atom. The van der Waals surface area contributed by atoms with Gasteiger partial charge in [-0.2, -0.15) is 0 Å². The predicted molar refractivity (Wildman–Crippen MR) is 183 cm³/mol. The van der Waals surface area contributed by atoms with Crippen LogP contribution in [-0.2, 0) is 14.3 Å². The van der Waals surface area contributed by atoms with Crippen LogP contribution in [0.5, 0.6) is 0 Å². The topological polar surface area (TPSA) is 84.3 Å². The fourth-order valence-corrected chi connectivity index (χ4v) is 7.84. The maximum Gasteiger partial charge on any atom is 0.337 e. The van der Waals surface area contributed by atoms with Gasteiger partial charge in [0.1, 0.15) is 5.01 Å². The lowest BCUT2D eigenvalue weighted by Crippen LogP contribution is -2.28. The molecule has 2 aliphatic heterocycles. The molecule has 9 heteroatoms. The number of likely N-dealkylation sites (tertiary alicyclic amines) is 1. The van der Waals surface area contributed by atoms with Gasteiger partial charge in [0.25, 0.3) is 0 Å². The molecule has 4 aromatic rings. The van der Waals surface area contributed by atoms with Crippen LogP contribution >= 0.6 is 22.9 Å². The number of fused-ring (bicyclic) bond motifs is 2. The third-order valence-electron chi connectivity index (χ3n) is 8.65. The summed E-state index contributed by atoms with van der Waals surface area (Å²) in [5, 5.41) is 11.9. The van der Waals surface area contributed by atoms with E-state index in [0.29, 0.717) is 16.5 Å². The van der Waals surface area contributed by atoms with Crippen molar-refractivity contribution in [3.8, 4) is 21.7 Å². The first-order valence-electron chi connectivity index (χ1n) is 15.5. The second-order valence-corrected chi connectivity index (χ2v) is 14.5. The molecule has 0 radical (unpaired) electrons. The summed E-state index contributed by atoms with van der Waals surface area (Å²) in [4.78, 5) is 25.4. The molecule has 1 N–H and O–H groups in total. The molecule has 236 valence electrons. The van der Waals surface area contributed by atoms with Crippen LogP contribution in [0.15, 0.2) is 53.5 Å². The van der Waals surface area contributed by atoms with E-state index in [4.69, 9.17) is 31.1 Å². The summed E-state index contributed by atoms with van der Waals surface area (Å²) in [5.41, 5.74) is 8.02. The van der Waals surface area contributed by atoms with Gasteiger partial charge in [0.15, 0.2) is 6.10 Å². The third kappa shape index (κ3) is 6.44. The van der Waals surface area contributed by atoms with Gasteiger partial charge in [-0.1, -0.05) is 35.9 Å². The van der Waals surface area contributed by atoms with E-state index in [0.717, 1.165) is 70.1 Å². The highest BCUT2D eigenvalue weighted by Gasteiger charge is 2.34. The van der Waals surface area contributed by atoms with Gasteiger partial charge in [0.05, 0.1) is 28.5 Å². The summed E-state index contributed by atoms with van der Waals surface area (Å²) in [6, 6.07) is 16.3. The van der Waals surface area contributed by atoms with Crippen molar-refractivity contribution in [3.05, 3.63) is 75.8 Å². The van der Waals surface area contributed by atoms with E-state index < -0.39 is 17.7 Å². The number of aryl methyl sites for hydroxylation is 1. The number of aliphatic carboxylic acids is 1. The molecule has 0 saturated carbocycles. The van der Waals surface area contributed by atoms with Gasteiger partial charge in [0.2, 0.25) is 0 Å². The number of carboxylic acids is 1. The number of hydrogen-bond donors (Lipinski definition) is 1. The Labute approximate surface area is 273 Å². The van der Waals surface area contributed by atoms with Crippen LogP contribution in [0.2, 0.25) is 5.02 Å². The number of aromatic nitrogens is 1. The monoisotopic (exact) mass is 645 g/mol. The molecule has 1 fully saturated rings. The molecule has 3 atom stereocenters. The molecular weight excluding hydrogens is 606 g/mol. The van der Waals surface area contributed by atoms with Crippen molar-refractivity contribution < 1.29 is 19.4 Å². The van der Waals surface area contributed by atoms with Gasteiger partial charge in [0, 0.05) is 59.1 Å². The fraction of sp³-hybridized carbons (Fsp3) is 0.417. The lowest BCUT2D eigenvalue weighted by Gasteiger charge is -2.28. The summed E-state index contributed by atoms with van der Waals surface area (Å²) >= 11 is 7.85. The second kappa shape index (κ2) is 12.6. The predicted octanol–water partition coefficient (Wildman–Crippen LogP) is 8.36. The van der Waals surface area contributed by atoms with E-state index in [2.05, 4.69) is 30.0 Å². The number of ether oxygens (including phenoxy) is 2. The normalized spacial score (nSPS) is 19.2. The number of benzene rings is 3. The Morgan fingerprint density at radius 3 is 2.58 bits per heavy atom. The fourth-order valence-electron chi connectivity index (χ4n) is 6.59. The number of carbonyl (C=O) groups is 1. The zero-order valence-electron chi connectivity index (χ0n) is 26.7. The van der Waals surface area contributed by atoms with Gasteiger partial charge in [-0.05, 0) is 88.5 Å². The Morgan fingerprint density at radius 2 is 1.89 bits per heavy atom. The van der Waals surface area contributed by atoms with Crippen LogP contribution in [-0.4, -0.2) is 65.6 Å². The minimum absolute atomic E-state index is 0.130. The zero-order valence-corrected chi connectivity index (χ0v) is 28.3. The molecule has 45 heavy (non-hydrogen) atoms. The van der Waals surface area contributed by atoms with Crippen LogP contribution < -0.4 is 0 Å². The maximum atomic E-state index is 12.7. The highest BCUT2D eigenvalue weighted by Crippen LogP contribution is 2.45. The minimum atomic E-state index is -1.15. The number of rotatable bonds is 9. The number of carboxylic acid groups (broad SMARTS) is 1. The minimum Gasteiger partial charge on any atom is -0.479 e. The molecule has 1 saturated heterocycles. The molecule has 6 rings (SSSR count). The molecule has 2 unspecified atom stereocenters. The first-order chi connectivity index (χ1) is 21.4. The van der Waals surface area contributed by atoms with E-state index in [9.17, 15) is 9.90 Å². The van der Waals surface area contributed by atoms with Gasteiger partial charge >= 0.3 is 5.97 Å². The standard InChI is InChI=1S/C36H40ClN3O4S/c1-20-17-28-33(30(22-7-10-25(37)11-8-22)29(20)32(35(41)42)44-36(3,4)5)45-34(39-28)23-9-12-26-21(2)38-31(27(26)18-23)24-13-14-40(19-24)15-16-43-6/h7-12,17-18,21,24,32H,13-16,19H2,1-6H3,(H,41,42)/t21?,24?,32-/m0/s1. The third-order valence-corrected chi connectivity index (χ3v) is 10.0. The number of hydrogen-bond acceptors (Lipinski definition) is 7. The molecule has 2 aliphatic rings. The summed E-state index contributed by atoms with van der Waals surface area (Å²) in [5.74, 6) is -0.631. The van der Waals surface area contributed by atoms with Crippen LogP contribution in [0.4, 0.5) is 0 Å². The molecular formula is C36H40ClN3O4S. The first kappa shape index (κ1) is 31.8. The van der Waals surface area contributed by atoms with Crippen molar-refractivity contribution in [1.29, 1.82) is 0 Å². The van der Waals surface area contributed by atoms with Crippen molar-refractivity contribution in [3.63, 3.8) is 0 Å². The quantitative estimate of drug-likeness (QED) is 0.197. The average Bonchev–Trinajstić information content (AvgIpc) is 3.71. The van der Waals surface area contributed by atoms with E-state index in [1.54, 1.807) is 18.4 Å². The average molecular weight is 646 g/mol. The summed E-state index contributed by atoms with van der Waals surface area (Å²) in [6.45, 7) is 13.5. The summed E-state index contributed by atoms with van der Waals surface area (Å²) < 4.78 is 12.4. The molecule has 3 aromatic carbocycles. The Balaban J connectivity index is 1.45. The van der Waals surface area contributed by atoms with E-state index in [1.165, 1.54) is 16.8 Å². The summed E-state index contributed by atoms with van der Waals surface area (Å²) in [7, 11) is 1.75. The van der Waals surface area contributed by atoms with Crippen LogP contribution in [0, 0.1) is 12.8 Å². The Hall–Kier alpha value is -3.14. The van der Waals surface area contributed by atoms with Crippen molar-refractivity contribution in [1.82, 2.24) is 9.88 Å². The zero-order chi connectivity index (χ0) is 32.0. The lowest BCUT2D eigenvalue weighted by atomic mass is 9.91. The van der Waals surface area contributed by atoms with Gasteiger partial charge in [-0.3, -0.25) is 4.99 Å². The molecule has 3 heterocycles. The molecule has 7 nitrogen and oxygen atoms in total. The highest BCUT2D eigenvalue weighted by atomic mass is 35.5. The SMILES string of the molecule is COCCN1CCC(C2=NC(C)c3ccc(-c4nc5cc(C)c([C@H](OC(C)(C)C)C(=O)O)c(-c6ccc(Cl)cc6)c5s4)cc32)C1. The lowest BCUT2D eigenvalue weighted by molar-refractivity contribution is -0.160. The van der Waals surface area contributed by atoms with Gasteiger partial charge in [-0.25, -0.2) is 9.78 Å². The van der Waals surface area contributed by atoms with Crippen molar-refractivity contribution in [2.45, 2.75) is 58.8 Å². The number of aliphatic imine (C=N–C) groups is 1. The van der Waals surface area contributed by atoms with Gasteiger partial charge < -0.3 is 19.5 Å². The van der Waals surface area contributed by atoms with Crippen LogP contribution in [0.1, 0.15) is 68.5 Å². The second-order valence-electron chi connectivity index (χ2n) is 13.1. The molecule has 0 spiro atoms. The van der Waals surface area contributed by atoms with Gasteiger partial charge in [-0.15, -0.1) is 11.3 Å². The number of thiazole rings is 1. The van der Waals surface area contributed by atoms with E-state index >= 15 is 0 Å². The smallest absolute Gasteiger partial charge is 0.337 e. The van der Waals surface area contributed by atoms with E-state index in [1.807, 2.05) is 58.0 Å². The van der Waals surface area contributed by atoms with Crippen LogP contribution in [0.25, 0.3) is 31.9 Å². The van der Waals surface area contributed by atoms with Crippen molar-refractivity contribution in [2.24, 2.45) is 10.9 Å². The van der Waals surface area contributed by atoms with Crippen molar-refractivity contribution >= 4 is 44.8 Å². The molecule has 0 amide bonds. The maximum absolute atomic E-state index is 12.7. The number of nitrogens with zero attached hydrogens (tertiary/aromatic N) is 3. The Bertz CT molecular complexity index is 1780. The number of halogens is 1. The van der Waals surface area contributed by atoms with Crippen LogP contribution in [0.3, 0.4) is 0 Å². The van der Waals surface area contributed by atoms with Crippen molar-refractivity contribution in [2.75, 3.05) is 33.4 Å². The number of methoxy groups -OCH3 is 1. The highest BCUT2D eigenvalue weighted by molar-refractivity contribution is 7.22. The Kier molecular flexibility index (Phi) is 8.89. The van der Waals surface area contributed by atoms with E-state index in [-0.39, 0.29) is 6.04 Å².